The van der Waals surface area contributed by atoms with Crippen LogP contribution in [0.4, 0.5) is 0 Å². The Balaban J connectivity index is -0.0000000805. The van der Waals surface area contributed by atoms with Crippen LogP contribution >= 0.6 is 0 Å². The van der Waals surface area contributed by atoms with Crippen LogP contribution in [0.25, 0.3) is 21.5 Å². The zero-order chi connectivity index (χ0) is 36.7. The Morgan fingerprint density at radius 3 is 0.532 bits per heavy atom. The van der Waals surface area contributed by atoms with Crippen molar-refractivity contribution in [1.82, 2.24) is 5.32 Å². The molecule has 0 atom stereocenters. The maximum Gasteiger partial charge on any atom is 0.0487 e. The molecule has 4 aromatic carbocycles. The second kappa shape index (κ2) is 61.9. The summed E-state index contributed by atoms with van der Waals surface area (Å²) < 4.78 is 0. The average molecular weight is 654 g/mol. The molecular formula is C44H83N3. The van der Waals surface area contributed by atoms with Crippen LogP contribution in [0.15, 0.2) is 107 Å². The van der Waals surface area contributed by atoms with E-state index in [-0.39, 0.29) is 7.43 Å². The molecule has 0 saturated heterocycles. The molecule has 0 saturated carbocycles. The van der Waals surface area contributed by atoms with Crippen LogP contribution in [-0.2, 0) is 0 Å². The topological polar surface area (TPSA) is 36.8 Å². The highest BCUT2D eigenvalue weighted by Gasteiger charge is 1.86. The van der Waals surface area contributed by atoms with E-state index in [1.54, 1.807) is 14.1 Å². The Hall–Kier alpha value is -3.04. The van der Waals surface area contributed by atoms with E-state index in [1.807, 2.05) is 7.05 Å². The minimum absolute atomic E-state index is 0. The number of hydrogen-bond donors (Lipinski definition) is 1. The molecule has 0 radical (unpaired) electrons. The van der Waals surface area contributed by atoms with E-state index < -0.39 is 0 Å². The summed E-state index contributed by atoms with van der Waals surface area (Å²) in [6.07, 6.45) is 7.50. The fourth-order valence-corrected chi connectivity index (χ4v) is 2.27. The third kappa shape index (κ3) is 59.0. The van der Waals surface area contributed by atoms with E-state index in [4.69, 9.17) is 0 Å². The Morgan fingerprint density at radius 1 is 0.362 bits per heavy atom. The van der Waals surface area contributed by atoms with Gasteiger partial charge in [0.2, 0.25) is 0 Å². The Labute approximate surface area is 297 Å². The van der Waals surface area contributed by atoms with Crippen LogP contribution < -0.4 is 5.32 Å². The van der Waals surface area contributed by atoms with Crippen molar-refractivity contribution in [2.24, 2.45) is 10.2 Å². The van der Waals surface area contributed by atoms with Crippen molar-refractivity contribution in [3.8, 4) is 0 Å². The average Bonchev–Trinajstić information content (AvgIpc) is 3.08. The van der Waals surface area contributed by atoms with Gasteiger partial charge < -0.3 is 5.32 Å². The molecule has 3 heteroatoms. The normalized spacial score (nSPS) is 8.00. The third-order valence-corrected chi connectivity index (χ3v) is 3.87. The lowest BCUT2D eigenvalue weighted by molar-refractivity contribution is 0.864. The molecule has 0 aliphatic rings. The van der Waals surface area contributed by atoms with Gasteiger partial charge in [0, 0.05) is 14.1 Å². The van der Waals surface area contributed by atoms with E-state index in [2.05, 4.69) is 203 Å². The first-order valence-electron chi connectivity index (χ1n) is 17.9. The number of azo groups is 1. The van der Waals surface area contributed by atoms with Gasteiger partial charge in [-0.05, 0) is 35.1 Å². The first-order valence-corrected chi connectivity index (χ1v) is 17.9. The molecule has 0 fully saturated rings. The molecule has 274 valence electrons. The fraction of sp³-hybridized carbons (Fsp3) is 0.545. The van der Waals surface area contributed by atoms with Gasteiger partial charge in [-0.15, -0.1) is 0 Å². The largest absolute Gasteiger partial charge is 0.320 e. The number of nitrogens with zero attached hydrogens (tertiary/aromatic N) is 2. The minimum atomic E-state index is 0. The van der Waals surface area contributed by atoms with Gasteiger partial charge in [0.15, 0.2) is 0 Å². The smallest absolute Gasteiger partial charge is 0.0487 e. The number of nitrogens with one attached hydrogen (secondary N) is 1. The van der Waals surface area contributed by atoms with Crippen LogP contribution in [0.3, 0.4) is 0 Å². The summed E-state index contributed by atoms with van der Waals surface area (Å²) in [5.74, 6) is 0. The minimum Gasteiger partial charge on any atom is -0.320 e. The predicted molar refractivity (Wildman–Crippen MR) is 227 cm³/mol. The summed E-state index contributed by atoms with van der Waals surface area (Å²) in [5, 5.41) is 14.9. The van der Waals surface area contributed by atoms with E-state index >= 15 is 0 Å². The SMILES string of the molecule is C.CCC.CCC.CCC.CCC.CCC.CCC.CCNC.CN=NC.c1ccc2ccccc2c1.c1ccc2ccccc2c1. The quantitative estimate of drug-likeness (QED) is 0.204. The summed E-state index contributed by atoms with van der Waals surface area (Å²) >= 11 is 0. The van der Waals surface area contributed by atoms with Crippen molar-refractivity contribution in [1.29, 1.82) is 0 Å². The summed E-state index contributed by atoms with van der Waals surface area (Å²) in [5.41, 5.74) is 0. The Bertz CT molecular complexity index is 805. The predicted octanol–water partition coefficient (Wildman–Crippen LogP) is 15.7. The van der Waals surface area contributed by atoms with Crippen molar-refractivity contribution in [3.63, 3.8) is 0 Å². The maximum atomic E-state index is 3.36. The molecule has 4 rings (SSSR count). The molecule has 4 aromatic rings. The van der Waals surface area contributed by atoms with E-state index in [0.29, 0.717) is 0 Å². The standard InChI is InChI=1S/2C10H8.C3H9N.6C3H8.C2H6N2.CH4/c2*1-2-6-10-8-4-3-7-9(10)5-1;1-3-4-2;6*1-3-2;1-3-4-2;/h2*1-8H;4H,3H2,1-2H3;6*3H2,1-2H3;1-2H3;1H4. The van der Waals surface area contributed by atoms with Crippen LogP contribution in [0.1, 0.15) is 136 Å². The van der Waals surface area contributed by atoms with Crippen molar-refractivity contribution in [2.45, 2.75) is 136 Å². The maximum absolute atomic E-state index is 3.36. The summed E-state index contributed by atoms with van der Waals surface area (Å²) in [7, 11) is 5.21. The van der Waals surface area contributed by atoms with E-state index in [9.17, 15) is 0 Å². The Morgan fingerprint density at radius 2 is 0.468 bits per heavy atom. The molecule has 0 heterocycles. The van der Waals surface area contributed by atoms with Gasteiger partial charge in [0.25, 0.3) is 0 Å². The van der Waals surface area contributed by atoms with Crippen LogP contribution in [0, 0.1) is 0 Å². The van der Waals surface area contributed by atoms with Gasteiger partial charge in [-0.25, -0.2) is 0 Å². The Kier molecular flexibility index (Phi) is 78.2. The second-order valence-corrected chi connectivity index (χ2v) is 10.0. The van der Waals surface area contributed by atoms with E-state index in [0.717, 1.165) is 6.54 Å². The van der Waals surface area contributed by atoms with Gasteiger partial charge >= 0.3 is 0 Å². The van der Waals surface area contributed by atoms with E-state index in [1.165, 1.54) is 60.1 Å². The monoisotopic (exact) mass is 654 g/mol. The first-order chi connectivity index (χ1) is 22.2. The summed E-state index contributed by atoms with van der Waals surface area (Å²) in [4.78, 5) is 0. The van der Waals surface area contributed by atoms with Gasteiger partial charge in [0.05, 0.1) is 0 Å². The number of rotatable bonds is 1. The zero-order valence-corrected chi connectivity index (χ0v) is 33.6. The number of hydrogen-bond acceptors (Lipinski definition) is 3. The molecule has 0 aliphatic carbocycles. The molecule has 0 bridgehead atoms. The van der Waals surface area contributed by atoms with Crippen LogP contribution in [-0.4, -0.2) is 27.7 Å². The van der Waals surface area contributed by atoms with Crippen molar-refractivity contribution < 1.29 is 0 Å². The molecular weight excluding hydrogens is 571 g/mol. The van der Waals surface area contributed by atoms with Crippen molar-refractivity contribution >= 4 is 21.5 Å². The van der Waals surface area contributed by atoms with Gasteiger partial charge in [0.1, 0.15) is 0 Å². The zero-order valence-electron chi connectivity index (χ0n) is 33.6. The lowest BCUT2D eigenvalue weighted by atomic mass is 10.1. The number of benzene rings is 4. The fourth-order valence-electron chi connectivity index (χ4n) is 2.27. The molecule has 0 spiro atoms. The lowest BCUT2D eigenvalue weighted by Crippen LogP contribution is -2.01. The van der Waals surface area contributed by atoms with Crippen LogP contribution in [0.2, 0.25) is 0 Å². The van der Waals surface area contributed by atoms with Gasteiger partial charge in [-0.2, -0.15) is 10.2 Å². The second-order valence-electron chi connectivity index (χ2n) is 10.0. The highest BCUT2D eigenvalue weighted by Crippen LogP contribution is 2.12. The lowest BCUT2D eigenvalue weighted by Gasteiger charge is -1.92. The third-order valence-electron chi connectivity index (χ3n) is 3.87. The molecule has 0 unspecified atom stereocenters. The molecule has 1 N–H and O–H groups in total. The molecule has 3 nitrogen and oxygen atoms in total. The molecule has 0 amide bonds. The number of fused-ring (bicyclic) bond motifs is 2. The van der Waals surface area contributed by atoms with Crippen LogP contribution in [0.5, 0.6) is 0 Å². The highest BCUT2D eigenvalue weighted by atomic mass is 15.0. The first kappa shape index (κ1) is 59.4. The highest BCUT2D eigenvalue weighted by molar-refractivity contribution is 5.82. The summed E-state index contributed by atoms with van der Waals surface area (Å²) in [6, 6.07) is 33.4. The van der Waals surface area contributed by atoms with Gasteiger partial charge in [-0.1, -0.05) is 233 Å². The summed E-state index contributed by atoms with van der Waals surface area (Å²) in [6.45, 7) is 28.6. The van der Waals surface area contributed by atoms with Crippen molar-refractivity contribution in [3.05, 3.63) is 97.1 Å². The molecule has 0 aromatic heterocycles. The van der Waals surface area contributed by atoms with Crippen molar-refractivity contribution in [2.75, 3.05) is 27.7 Å². The molecule has 47 heavy (non-hydrogen) atoms. The molecule has 0 aliphatic heterocycles. The van der Waals surface area contributed by atoms with Gasteiger partial charge in [-0.3, -0.25) is 0 Å².